The van der Waals surface area contributed by atoms with Gasteiger partial charge in [-0.25, -0.2) is 14.5 Å². The van der Waals surface area contributed by atoms with Gasteiger partial charge in [0.15, 0.2) is 0 Å². The first-order valence-corrected chi connectivity index (χ1v) is 6.56. The molecule has 0 atom stereocenters. The maximum Gasteiger partial charge on any atom is 0.346 e. The van der Waals surface area contributed by atoms with Crippen LogP contribution in [0, 0.1) is 13.8 Å². The van der Waals surface area contributed by atoms with Gasteiger partial charge in [-0.1, -0.05) is 0 Å². The Kier molecular flexibility index (Phi) is 3.84. The second-order valence-corrected chi connectivity index (χ2v) is 4.99. The molecule has 102 valence electrons. The lowest BCUT2D eigenvalue weighted by molar-refractivity contribution is 0.0467. The maximum atomic E-state index is 12.1. The third-order valence-corrected chi connectivity index (χ3v) is 3.50. The quantitative estimate of drug-likeness (QED) is 0.800. The van der Waals surface area contributed by atoms with Crippen molar-refractivity contribution in [2.45, 2.75) is 20.5 Å². The second-order valence-electron chi connectivity index (χ2n) is 4.05. The molecule has 0 aliphatic carbocycles. The number of hydrogen-bond acceptors (Lipinski definition) is 6. The molecule has 2 heterocycles. The van der Waals surface area contributed by atoms with E-state index in [0.29, 0.717) is 17.1 Å². The summed E-state index contributed by atoms with van der Waals surface area (Å²) in [6, 6.07) is 0. The van der Waals surface area contributed by atoms with Crippen LogP contribution in [0.4, 0.5) is 0 Å². The lowest BCUT2D eigenvalue weighted by atomic mass is 10.2. The first-order valence-electron chi connectivity index (χ1n) is 5.68. The van der Waals surface area contributed by atoms with Crippen molar-refractivity contribution in [3.8, 4) is 5.88 Å². The summed E-state index contributed by atoms with van der Waals surface area (Å²) in [5, 5.41) is 6.83. The van der Waals surface area contributed by atoms with E-state index in [1.165, 1.54) is 23.1 Å². The average molecular weight is 281 g/mol. The van der Waals surface area contributed by atoms with Crippen LogP contribution >= 0.6 is 11.3 Å². The minimum absolute atomic E-state index is 0.162. The fourth-order valence-electron chi connectivity index (χ4n) is 1.77. The highest BCUT2D eigenvalue weighted by atomic mass is 32.1. The van der Waals surface area contributed by atoms with Crippen LogP contribution in [0.2, 0.25) is 0 Å². The Hall–Kier alpha value is -1.89. The fraction of sp³-hybridized carbons (Fsp3) is 0.417. The molecule has 2 rings (SSSR count). The molecule has 0 bridgehead atoms. The molecule has 2 aromatic heterocycles. The lowest BCUT2D eigenvalue weighted by Crippen LogP contribution is -2.08. The number of aromatic nitrogens is 3. The number of thiazole rings is 1. The number of ether oxygens (including phenoxy) is 2. The zero-order chi connectivity index (χ0) is 14.0. The number of esters is 1. The zero-order valence-electron chi connectivity index (χ0n) is 11.3. The van der Waals surface area contributed by atoms with E-state index in [2.05, 4.69) is 10.1 Å². The maximum absolute atomic E-state index is 12.1. The Morgan fingerprint density at radius 2 is 2.21 bits per heavy atom. The second kappa shape index (κ2) is 5.40. The summed E-state index contributed by atoms with van der Waals surface area (Å²) in [6.07, 6.45) is 0. The van der Waals surface area contributed by atoms with Gasteiger partial charge in [0.25, 0.3) is 0 Å². The smallest absolute Gasteiger partial charge is 0.346 e. The van der Waals surface area contributed by atoms with Crippen molar-refractivity contribution in [2.24, 2.45) is 7.05 Å². The predicted molar refractivity (Wildman–Crippen MR) is 70.5 cm³/mol. The first kappa shape index (κ1) is 13.5. The Labute approximate surface area is 115 Å². The van der Waals surface area contributed by atoms with E-state index in [9.17, 15) is 4.79 Å². The van der Waals surface area contributed by atoms with E-state index in [1.807, 2.05) is 12.3 Å². The van der Waals surface area contributed by atoms with Gasteiger partial charge in [-0.3, -0.25) is 0 Å². The summed E-state index contributed by atoms with van der Waals surface area (Å²) >= 11 is 1.47. The molecule has 0 spiro atoms. The van der Waals surface area contributed by atoms with Crippen LogP contribution in [0.25, 0.3) is 0 Å². The molecule has 2 aromatic rings. The van der Waals surface area contributed by atoms with E-state index < -0.39 is 5.97 Å². The highest BCUT2D eigenvalue weighted by molar-refractivity contribution is 7.09. The van der Waals surface area contributed by atoms with Gasteiger partial charge in [0.1, 0.15) is 17.2 Å². The van der Waals surface area contributed by atoms with Crippen molar-refractivity contribution in [3.63, 3.8) is 0 Å². The lowest BCUT2D eigenvalue weighted by Gasteiger charge is -2.05. The van der Waals surface area contributed by atoms with Crippen LogP contribution in [-0.2, 0) is 18.4 Å². The highest BCUT2D eigenvalue weighted by Crippen LogP contribution is 2.22. The van der Waals surface area contributed by atoms with Gasteiger partial charge < -0.3 is 9.47 Å². The first-order chi connectivity index (χ1) is 9.02. The minimum Gasteiger partial charge on any atom is -0.481 e. The summed E-state index contributed by atoms with van der Waals surface area (Å²) in [7, 11) is 3.21. The van der Waals surface area contributed by atoms with E-state index >= 15 is 0 Å². The largest absolute Gasteiger partial charge is 0.481 e. The molecule has 0 amide bonds. The van der Waals surface area contributed by atoms with Gasteiger partial charge in [0.2, 0.25) is 5.88 Å². The summed E-state index contributed by atoms with van der Waals surface area (Å²) < 4.78 is 11.9. The van der Waals surface area contributed by atoms with Crippen molar-refractivity contribution in [2.75, 3.05) is 7.11 Å². The monoisotopic (exact) mass is 281 g/mol. The standard InChI is InChI=1S/C12H15N3O3S/c1-7-6-19-9(13-7)5-18-12(16)10-8(2)14-15(3)11(10)17-4/h6H,5H2,1-4H3. The summed E-state index contributed by atoms with van der Waals surface area (Å²) in [6.45, 7) is 3.80. The van der Waals surface area contributed by atoms with Crippen molar-refractivity contribution in [1.29, 1.82) is 0 Å². The molecule has 0 N–H and O–H groups in total. The fourth-order valence-corrected chi connectivity index (χ4v) is 2.46. The predicted octanol–water partition coefficient (Wildman–Crippen LogP) is 1.86. The van der Waals surface area contributed by atoms with Gasteiger partial charge in [-0.05, 0) is 13.8 Å². The normalized spacial score (nSPS) is 10.5. The molecule has 0 unspecified atom stereocenters. The molecular formula is C12H15N3O3S. The molecule has 7 heteroatoms. The molecule has 0 aliphatic rings. The number of rotatable bonds is 4. The average Bonchev–Trinajstić information content (AvgIpc) is 2.89. The van der Waals surface area contributed by atoms with Crippen molar-refractivity contribution < 1.29 is 14.3 Å². The van der Waals surface area contributed by atoms with Crippen LogP contribution in [0.15, 0.2) is 5.38 Å². The number of hydrogen-bond donors (Lipinski definition) is 0. The highest BCUT2D eigenvalue weighted by Gasteiger charge is 2.22. The van der Waals surface area contributed by atoms with E-state index in [-0.39, 0.29) is 6.61 Å². The Balaban J connectivity index is 2.12. The number of aryl methyl sites for hydroxylation is 3. The van der Waals surface area contributed by atoms with Crippen molar-refractivity contribution in [3.05, 3.63) is 27.3 Å². The van der Waals surface area contributed by atoms with Crippen molar-refractivity contribution in [1.82, 2.24) is 14.8 Å². The third-order valence-electron chi connectivity index (χ3n) is 2.56. The van der Waals surface area contributed by atoms with Gasteiger partial charge in [-0.2, -0.15) is 5.10 Å². The summed E-state index contributed by atoms with van der Waals surface area (Å²) in [4.78, 5) is 16.3. The van der Waals surface area contributed by atoms with Crippen LogP contribution in [0.5, 0.6) is 5.88 Å². The molecule has 0 radical (unpaired) electrons. The summed E-state index contributed by atoms with van der Waals surface area (Å²) in [5.41, 5.74) is 1.86. The topological polar surface area (TPSA) is 66.2 Å². The number of nitrogens with zero attached hydrogens (tertiary/aromatic N) is 3. The Bertz CT molecular complexity index is 603. The van der Waals surface area contributed by atoms with Crippen LogP contribution in [0.1, 0.15) is 26.8 Å². The molecule has 0 saturated heterocycles. The Morgan fingerprint density at radius 3 is 2.79 bits per heavy atom. The molecule has 19 heavy (non-hydrogen) atoms. The number of methoxy groups -OCH3 is 1. The van der Waals surface area contributed by atoms with Crippen LogP contribution in [-0.4, -0.2) is 27.8 Å². The van der Waals surface area contributed by atoms with Gasteiger partial charge in [-0.15, -0.1) is 11.3 Å². The molecule has 6 nitrogen and oxygen atoms in total. The van der Waals surface area contributed by atoms with E-state index in [4.69, 9.17) is 9.47 Å². The molecular weight excluding hydrogens is 266 g/mol. The number of carbonyl (C=O) groups is 1. The van der Waals surface area contributed by atoms with Gasteiger partial charge in [0.05, 0.1) is 12.8 Å². The Morgan fingerprint density at radius 1 is 1.47 bits per heavy atom. The van der Waals surface area contributed by atoms with Gasteiger partial charge in [0, 0.05) is 18.1 Å². The molecule has 0 saturated carbocycles. The SMILES string of the molecule is COc1c(C(=O)OCc2nc(C)cs2)c(C)nn1C. The zero-order valence-corrected chi connectivity index (χ0v) is 12.1. The minimum atomic E-state index is -0.449. The third kappa shape index (κ3) is 2.76. The number of carbonyl (C=O) groups excluding carboxylic acids is 1. The van der Waals surface area contributed by atoms with Gasteiger partial charge >= 0.3 is 5.97 Å². The van der Waals surface area contributed by atoms with E-state index in [0.717, 1.165) is 10.7 Å². The molecule has 0 aliphatic heterocycles. The van der Waals surface area contributed by atoms with Crippen LogP contribution in [0.3, 0.4) is 0 Å². The summed E-state index contributed by atoms with van der Waals surface area (Å²) in [5.74, 6) is -0.0480. The molecule has 0 aromatic carbocycles. The van der Waals surface area contributed by atoms with Crippen molar-refractivity contribution >= 4 is 17.3 Å². The molecule has 0 fully saturated rings. The van der Waals surface area contributed by atoms with E-state index in [1.54, 1.807) is 14.0 Å². The van der Waals surface area contributed by atoms with Crippen LogP contribution < -0.4 is 4.74 Å².